The van der Waals surface area contributed by atoms with Gasteiger partial charge in [-0.25, -0.2) is 13.2 Å². The summed E-state index contributed by atoms with van der Waals surface area (Å²) in [5.41, 5.74) is 0.413. The smallest absolute Gasteiger partial charge is 0.338 e. The van der Waals surface area contributed by atoms with Crippen LogP contribution < -0.4 is 4.72 Å². The SMILES string of the molecule is Cc1ccc(C(=O)COC(=O)c2cccc(NS(C)(=O)=O)c2)s1. The first kappa shape index (κ1) is 17.2. The molecule has 0 spiro atoms. The maximum absolute atomic E-state index is 12.0. The second-order valence-corrected chi connectivity index (χ2v) is 7.90. The Morgan fingerprint density at radius 2 is 1.96 bits per heavy atom. The van der Waals surface area contributed by atoms with Gasteiger partial charge in [0.05, 0.1) is 16.7 Å². The van der Waals surface area contributed by atoms with Crippen molar-refractivity contribution in [3.8, 4) is 0 Å². The summed E-state index contributed by atoms with van der Waals surface area (Å²) in [6, 6.07) is 9.37. The molecule has 0 unspecified atom stereocenters. The highest BCUT2D eigenvalue weighted by atomic mass is 32.2. The van der Waals surface area contributed by atoms with E-state index in [0.29, 0.717) is 4.88 Å². The summed E-state index contributed by atoms with van der Waals surface area (Å²) in [5.74, 6) is -0.967. The third-order valence-electron chi connectivity index (χ3n) is 2.75. The van der Waals surface area contributed by atoms with Crippen LogP contribution in [0.5, 0.6) is 0 Å². The van der Waals surface area contributed by atoms with Crippen LogP contribution in [0.1, 0.15) is 24.9 Å². The number of ether oxygens (including phenoxy) is 1. The highest BCUT2D eigenvalue weighted by molar-refractivity contribution is 7.92. The highest BCUT2D eigenvalue weighted by Crippen LogP contribution is 2.16. The maximum Gasteiger partial charge on any atom is 0.338 e. The molecular formula is C15H15NO5S2. The minimum atomic E-state index is -3.43. The molecule has 0 saturated heterocycles. The molecule has 2 rings (SSSR count). The molecule has 0 fully saturated rings. The van der Waals surface area contributed by atoms with E-state index in [2.05, 4.69) is 4.72 Å². The lowest BCUT2D eigenvalue weighted by Crippen LogP contribution is -2.14. The van der Waals surface area contributed by atoms with Crippen molar-refractivity contribution in [2.75, 3.05) is 17.6 Å². The molecule has 0 amide bonds. The van der Waals surface area contributed by atoms with E-state index in [1.165, 1.54) is 35.6 Å². The Hall–Kier alpha value is -2.19. The minimum absolute atomic E-state index is 0.161. The molecule has 1 heterocycles. The third-order valence-corrected chi connectivity index (χ3v) is 4.40. The number of Topliss-reactive ketones (excluding diaryl/α,β-unsaturated/α-hetero) is 1. The van der Waals surface area contributed by atoms with E-state index in [9.17, 15) is 18.0 Å². The van der Waals surface area contributed by atoms with Gasteiger partial charge in [-0.2, -0.15) is 0 Å². The Kier molecular flexibility index (Phi) is 5.17. The average Bonchev–Trinajstić information content (AvgIpc) is 2.89. The molecule has 6 nitrogen and oxygen atoms in total. The van der Waals surface area contributed by atoms with Gasteiger partial charge < -0.3 is 4.74 Å². The van der Waals surface area contributed by atoms with Gasteiger partial charge >= 0.3 is 5.97 Å². The number of anilines is 1. The zero-order chi connectivity index (χ0) is 17.0. The lowest BCUT2D eigenvalue weighted by molar-refractivity contribution is 0.0476. The Morgan fingerprint density at radius 3 is 2.57 bits per heavy atom. The number of aryl methyl sites for hydroxylation is 1. The van der Waals surface area contributed by atoms with Gasteiger partial charge in [0.15, 0.2) is 6.61 Å². The minimum Gasteiger partial charge on any atom is -0.454 e. The number of rotatable bonds is 6. The highest BCUT2D eigenvalue weighted by Gasteiger charge is 2.14. The van der Waals surface area contributed by atoms with Crippen molar-refractivity contribution in [3.05, 3.63) is 51.7 Å². The molecule has 0 bridgehead atoms. The van der Waals surface area contributed by atoms with Crippen LogP contribution in [0, 0.1) is 6.92 Å². The van der Waals surface area contributed by atoms with Crippen molar-refractivity contribution in [2.24, 2.45) is 0 Å². The first-order valence-corrected chi connectivity index (χ1v) is 9.30. The molecule has 0 aliphatic carbocycles. The van der Waals surface area contributed by atoms with Gasteiger partial charge in [-0.3, -0.25) is 9.52 Å². The molecule has 122 valence electrons. The van der Waals surface area contributed by atoms with Crippen molar-refractivity contribution >= 4 is 38.8 Å². The summed E-state index contributed by atoms with van der Waals surface area (Å²) in [5, 5.41) is 0. The van der Waals surface area contributed by atoms with E-state index in [0.717, 1.165) is 11.1 Å². The fourth-order valence-electron chi connectivity index (χ4n) is 1.79. The molecule has 0 aliphatic rings. The normalized spacial score (nSPS) is 11.0. The Balaban J connectivity index is 2.01. The van der Waals surface area contributed by atoms with Crippen LogP contribution in [0.2, 0.25) is 0 Å². The molecular weight excluding hydrogens is 338 g/mol. The number of hydrogen-bond donors (Lipinski definition) is 1. The van der Waals surface area contributed by atoms with Gasteiger partial charge in [0.25, 0.3) is 0 Å². The molecule has 0 atom stereocenters. The van der Waals surface area contributed by atoms with Gasteiger partial charge in [-0.05, 0) is 37.3 Å². The fourth-order valence-corrected chi connectivity index (χ4v) is 3.14. The van der Waals surface area contributed by atoms with Crippen molar-refractivity contribution in [1.82, 2.24) is 0 Å². The van der Waals surface area contributed by atoms with Crippen LogP contribution in [-0.4, -0.2) is 33.0 Å². The number of sulfonamides is 1. The number of nitrogens with one attached hydrogen (secondary N) is 1. The molecule has 1 aromatic carbocycles. The zero-order valence-electron chi connectivity index (χ0n) is 12.5. The Labute approximate surface area is 138 Å². The lowest BCUT2D eigenvalue weighted by Gasteiger charge is -2.07. The Morgan fingerprint density at radius 1 is 1.22 bits per heavy atom. The number of thiophene rings is 1. The predicted molar refractivity (Wildman–Crippen MR) is 88.6 cm³/mol. The van der Waals surface area contributed by atoms with Crippen LogP contribution >= 0.6 is 11.3 Å². The second kappa shape index (κ2) is 6.93. The van der Waals surface area contributed by atoms with Crippen LogP contribution in [0.25, 0.3) is 0 Å². The summed E-state index contributed by atoms with van der Waals surface area (Å²) in [7, 11) is -3.43. The number of carbonyl (C=O) groups excluding carboxylic acids is 2. The molecule has 0 aliphatic heterocycles. The third kappa shape index (κ3) is 5.19. The topological polar surface area (TPSA) is 89.5 Å². The van der Waals surface area contributed by atoms with Gasteiger partial charge in [0.1, 0.15) is 0 Å². The molecule has 0 saturated carbocycles. The van der Waals surface area contributed by atoms with Crippen LogP contribution in [0.3, 0.4) is 0 Å². The van der Waals surface area contributed by atoms with Crippen LogP contribution in [0.4, 0.5) is 5.69 Å². The Bertz CT molecular complexity index is 839. The van der Waals surface area contributed by atoms with Gasteiger partial charge in [0, 0.05) is 10.6 Å². The van der Waals surface area contributed by atoms with E-state index in [1.807, 2.05) is 13.0 Å². The lowest BCUT2D eigenvalue weighted by atomic mass is 10.2. The van der Waals surface area contributed by atoms with Gasteiger partial charge in [0.2, 0.25) is 15.8 Å². The molecule has 23 heavy (non-hydrogen) atoms. The van der Waals surface area contributed by atoms with E-state index in [4.69, 9.17) is 4.74 Å². The predicted octanol–water partition coefficient (Wildman–Crippen LogP) is 2.47. The standard InChI is InChI=1S/C15H15NO5S2/c1-10-6-7-14(22-10)13(17)9-21-15(18)11-4-3-5-12(8-11)16-23(2,19)20/h3-8,16H,9H2,1-2H3. The maximum atomic E-state index is 12.0. The van der Waals surface area contributed by atoms with E-state index in [1.54, 1.807) is 6.07 Å². The number of hydrogen-bond acceptors (Lipinski definition) is 6. The van der Waals surface area contributed by atoms with Crippen molar-refractivity contribution in [3.63, 3.8) is 0 Å². The van der Waals surface area contributed by atoms with E-state index < -0.39 is 16.0 Å². The first-order valence-electron chi connectivity index (χ1n) is 6.59. The van der Waals surface area contributed by atoms with Crippen molar-refractivity contribution < 1.29 is 22.7 Å². The molecule has 1 aromatic heterocycles. The van der Waals surface area contributed by atoms with Crippen molar-refractivity contribution in [2.45, 2.75) is 6.92 Å². The quantitative estimate of drug-likeness (QED) is 0.636. The van der Waals surface area contributed by atoms with Crippen LogP contribution in [0.15, 0.2) is 36.4 Å². The monoisotopic (exact) mass is 353 g/mol. The first-order chi connectivity index (χ1) is 10.7. The molecule has 1 N–H and O–H groups in total. The summed E-state index contributed by atoms with van der Waals surface area (Å²) in [4.78, 5) is 25.4. The number of carbonyl (C=O) groups is 2. The summed E-state index contributed by atoms with van der Waals surface area (Å²) in [6.45, 7) is 1.52. The fraction of sp³-hybridized carbons (Fsp3) is 0.200. The van der Waals surface area contributed by atoms with E-state index >= 15 is 0 Å². The van der Waals surface area contributed by atoms with Crippen LogP contribution in [-0.2, 0) is 14.8 Å². The number of benzene rings is 1. The average molecular weight is 353 g/mol. The largest absolute Gasteiger partial charge is 0.454 e. The zero-order valence-corrected chi connectivity index (χ0v) is 14.2. The summed E-state index contributed by atoms with van der Waals surface area (Å²) in [6.07, 6.45) is 1.01. The van der Waals surface area contributed by atoms with Gasteiger partial charge in [-0.15, -0.1) is 11.3 Å². The number of esters is 1. The summed E-state index contributed by atoms with van der Waals surface area (Å²) < 4.78 is 29.6. The molecule has 0 radical (unpaired) electrons. The van der Waals surface area contributed by atoms with E-state index in [-0.39, 0.29) is 23.6 Å². The summed E-state index contributed by atoms with van der Waals surface area (Å²) >= 11 is 1.33. The van der Waals surface area contributed by atoms with Crippen molar-refractivity contribution in [1.29, 1.82) is 0 Å². The number of ketones is 1. The molecule has 8 heteroatoms. The molecule has 2 aromatic rings. The van der Waals surface area contributed by atoms with Gasteiger partial charge in [-0.1, -0.05) is 6.07 Å². The second-order valence-electron chi connectivity index (χ2n) is 4.86.